The molecule has 112 valence electrons. The number of carbonyl (C=O) groups excluding carboxylic acids is 1. The predicted molar refractivity (Wildman–Crippen MR) is 83.4 cm³/mol. The summed E-state index contributed by atoms with van der Waals surface area (Å²) in [4.78, 5) is 11.9. The number of Topliss-reactive ketones (excluding diaryl/α,β-unsaturated/α-hetero) is 1. The first kappa shape index (κ1) is 16.7. The Balaban J connectivity index is 2.12. The van der Waals surface area contributed by atoms with Gasteiger partial charge in [0.1, 0.15) is 5.78 Å². The molecule has 19 heavy (non-hydrogen) atoms. The maximum absolute atomic E-state index is 11.9. The van der Waals surface area contributed by atoms with Crippen LogP contribution in [0.15, 0.2) is 0 Å². The molecule has 0 radical (unpaired) electrons. The van der Waals surface area contributed by atoms with Crippen molar-refractivity contribution >= 4 is 5.78 Å². The Morgan fingerprint density at radius 1 is 1.05 bits per heavy atom. The minimum Gasteiger partial charge on any atom is -0.299 e. The molecule has 1 nitrogen and oxygen atoms in total. The summed E-state index contributed by atoms with van der Waals surface area (Å²) < 4.78 is 0. The van der Waals surface area contributed by atoms with E-state index in [0.29, 0.717) is 11.7 Å². The largest absolute Gasteiger partial charge is 0.299 e. The molecule has 1 aliphatic rings. The second-order valence-electron chi connectivity index (χ2n) is 6.48. The average Bonchev–Trinajstić information content (AvgIpc) is 2.43. The molecule has 0 spiro atoms. The van der Waals surface area contributed by atoms with E-state index in [1.54, 1.807) is 0 Å². The Kier molecular flexibility index (Phi) is 9.20. The topological polar surface area (TPSA) is 17.1 Å². The van der Waals surface area contributed by atoms with Gasteiger partial charge >= 0.3 is 0 Å². The van der Waals surface area contributed by atoms with Gasteiger partial charge in [0.25, 0.3) is 0 Å². The van der Waals surface area contributed by atoms with Crippen molar-refractivity contribution in [2.75, 3.05) is 0 Å². The van der Waals surface area contributed by atoms with Crippen LogP contribution in [0.1, 0.15) is 97.3 Å². The summed E-state index contributed by atoms with van der Waals surface area (Å²) in [6, 6.07) is 0. The van der Waals surface area contributed by atoms with Crippen LogP contribution in [0.4, 0.5) is 0 Å². The first-order chi connectivity index (χ1) is 9.27. The molecule has 0 aromatic heterocycles. The summed E-state index contributed by atoms with van der Waals surface area (Å²) in [6.07, 6.45) is 16.6. The lowest BCUT2D eigenvalue weighted by molar-refractivity contribution is -0.125. The second kappa shape index (κ2) is 10.5. The van der Waals surface area contributed by atoms with Gasteiger partial charge in [0.05, 0.1) is 0 Å². The zero-order valence-corrected chi connectivity index (χ0v) is 13.3. The lowest BCUT2D eigenvalue weighted by atomic mass is 9.79. The number of unbranched alkanes of at least 4 members (excludes halogenated alkanes) is 5. The van der Waals surface area contributed by atoms with Crippen LogP contribution in [0.25, 0.3) is 0 Å². The smallest absolute Gasteiger partial charge is 0.135 e. The van der Waals surface area contributed by atoms with Crippen molar-refractivity contribution in [2.24, 2.45) is 11.8 Å². The highest BCUT2D eigenvalue weighted by atomic mass is 16.1. The van der Waals surface area contributed by atoms with Crippen molar-refractivity contribution in [1.82, 2.24) is 0 Å². The summed E-state index contributed by atoms with van der Waals surface area (Å²) in [5.41, 5.74) is 0. The van der Waals surface area contributed by atoms with Crippen molar-refractivity contribution in [3.8, 4) is 0 Å². The zero-order valence-electron chi connectivity index (χ0n) is 13.3. The van der Waals surface area contributed by atoms with Gasteiger partial charge in [-0.05, 0) is 25.2 Å². The second-order valence-corrected chi connectivity index (χ2v) is 6.48. The maximum atomic E-state index is 11.9. The number of ketones is 1. The molecule has 0 saturated heterocycles. The van der Waals surface area contributed by atoms with E-state index in [-0.39, 0.29) is 0 Å². The van der Waals surface area contributed by atoms with Gasteiger partial charge in [-0.1, -0.05) is 71.6 Å². The molecule has 1 heteroatoms. The Bertz CT molecular complexity index is 234. The minimum atomic E-state index is 0.416. The first-order valence-electron chi connectivity index (χ1n) is 8.80. The van der Waals surface area contributed by atoms with E-state index < -0.39 is 0 Å². The van der Waals surface area contributed by atoms with Gasteiger partial charge < -0.3 is 0 Å². The highest BCUT2D eigenvalue weighted by Crippen LogP contribution is 2.30. The number of hydrogen-bond acceptors (Lipinski definition) is 1. The molecule has 2 unspecified atom stereocenters. The van der Waals surface area contributed by atoms with Gasteiger partial charge in [0.2, 0.25) is 0 Å². The van der Waals surface area contributed by atoms with Crippen molar-refractivity contribution in [2.45, 2.75) is 97.3 Å². The Morgan fingerprint density at radius 2 is 1.79 bits per heavy atom. The Hall–Kier alpha value is -0.330. The molecule has 0 aromatic carbocycles. The fourth-order valence-corrected chi connectivity index (χ4v) is 3.41. The van der Waals surface area contributed by atoms with Crippen molar-refractivity contribution in [3.05, 3.63) is 0 Å². The molecule has 1 aliphatic carbocycles. The third kappa shape index (κ3) is 7.13. The number of hydrogen-bond donors (Lipinski definition) is 0. The molecule has 2 atom stereocenters. The highest BCUT2D eigenvalue weighted by Gasteiger charge is 2.24. The molecule has 0 aromatic rings. The van der Waals surface area contributed by atoms with E-state index in [1.807, 2.05) is 0 Å². The van der Waals surface area contributed by atoms with E-state index in [0.717, 1.165) is 18.8 Å². The Labute approximate surface area is 120 Å². The summed E-state index contributed by atoms with van der Waals surface area (Å²) in [5.74, 6) is 1.78. The third-order valence-corrected chi connectivity index (χ3v) is 4.84. The van der Waals surface area contributed by atoms with Crippen LogP contribution in [0, 0.1) is 11.8 Å². The molecule has 0 amide bonds. The van der Waals surface area contributed by atoms with Crippen LogP contribution in [0.2, 0.25) is 0 Å². The van der Waals surface area contributed by atoms with Gasteiger partial charge in [0, 0.05) is 12.3 Å². The van der Waals surface area contributed by atoms with Crippen LogP contribution in [0.3, 0.4) is 0 Å². The standard InChI is InChI=1S/C18H34O/c1-3-5-6-7-8-9-12-16(4-2)15-17-13-10-11-14-18(17)19/h16-17H,3-15H2,1-2H3. The van der Waals surface area contributed by atoms with Crippen LogP contribution in [-0.2, 0) is 4.79 Å². The highest BCUT2D eigenvalue weighted by molar-refractivity contribution is 5.81. The van der Waals surface area contributed by atoms with Crippen LogP contribution >= 0.6 is 0 Å². The van der Waals surface area contributed by atoms with Crippen molar-refractivity contribution < 1.29 is 4.79 Å². The molecule has 0 heterocycles. The van der Waals surface area contributed by atoms with Crippen LogP contribution in [0.5, 0.6) is 0 Å². The molecule has 0 N–H and O–H groups in total. The van der Waals surface area contributed by atoms with E-state index in [2.05, 4.69) is 13.8 Å². The van der Waals surface area contributed by atoms with E-state index >= 15 is 0 Å². The van der Waals surface area contributed by atoms with E-state index in [9.17, 15) is 4.79 Å². The molecule has 1 rings (SSSR count). The number of carbonyl (C=O) groups is 1. The maximum Gasteiger partial charge on any atom is 0.135 e. The molecule has 0 aliphatic heterocycles. The molecule has 1 fully saturated rings. The van der Waals surface area contributed by atoms with E-state index in [4.69, 9.17) is 0 Å². The van der Waals surface area contributed by atoms with Crippen LogP contribution in [-0.4, -0.2) is 5.78 Å². The Morgan fingerprint density at radius 3 is 2.47 bits per heavy atom. The fraction of sp³-hybridized carbons (Fsp3) is 0.944. The van der Waals surface area contributed by atoms with Crippen molar-refractivity contribution in [1.29, 1.82) is 0 Å². The molecular formula is C18H34O. The number of rotatable bonds is 10. The normalized spacial score (nSPS) is 21.6. The van der Waals surface area contributed by atoms with Gasteiger partial charge in [-0.25, -0.2) is 0 Å². The zero-order chi connectivity index (χ0) is 13.9. The molecular weight excluding hydrogens is 232 g/mol. The SMILES string of the molecule is CCCCCCCCC(CC)CC1CCCCC1=O. The monoisotopic (exact) mass is 266 g/mol. The third-order valence-electron chi connectivity index (χ3n) is 4.84. The van der Waals surface area contributed by atoms with Crippen molar-refractivity contribution in [3.63, 3.8) is 0 Å². The van der Waals surface area contributed by atoms with E-state index in [1.165, 1.54) is 70.6 Å². The molecule has 1 saturated carbocycles. The summed E-state index contributed by atoms with van der Waals surface area (Å²) >= 11 is 0. The lowest BCUT2D eigenvalue weighted by Crippen LogP contribution is -2.21. The predicted octanol–water partition coefficient (Wildman–Crippen LogP) is 5.91. The van der Waals surface area contributed by atoms with Gasteiger partial charge in [0.15, 0.2) is 0 Å². The van der Waals surface area contributed by atoms with Crippen LogP contribution < -0.4 is 0 Å². The van der Waals surface area contributed by atoms with Gasteiger partial charge in [-0.15, -0.1) is 0 Å². The van der Waals surface area contributed by atoms with Gasteiger partial charge in [-0.2, -0.15) is 0 Å². The minimum absolute atomic E-state index is 0.416. The molecule has 0 bridgehead atoms. The lowest BCUT2D eigenvalue weighted by Gasteiger charge is -2.25. The average molecular weight is 266 g/mol. The summed E-state index contributed by atoms with van der Waals surface area (Å²) in [7, 11) is 0. The quantitative estimate of drug-likeness (QED) is 0.449. The fourth-order valence-electron chi connectivity index (χ4n) is 3.41. The summed E-state index contributed by atoms with van der Waals surface area (Å²) in [6.45, 7) is 4.57. The van der Waals surface area contributed by atoms with Gasteiger partial charge in [-0.3, -0.25) is 4.79 Å². The first-order valence-corrected chi connectivity index (χ1v) is 8.80. The summed E-state index contributed by atoms with van der Waals surface area (Å²) in [5, 5.41) is 0.